The van der Waals surface area contributed by atoms with Crippen LogP contribution in [0.25, 0.3) is 0 Å². The quantitative estimate of drug-likeness (QED) is 0.241. The monoisotopic (exact) mass is 328 g/mol. The molecule has 0 aliphatic rings. The summed E-state index contributed by atoms with van der Waals surface area (Å²) in [7, 11) is 0. The molecule has 0 heterocycles. The predicted molar refractivity (Wildman–Crippen MR) is 92.8 cm³/mol. The minimum absolute atomic E-state index is 0.305. The molecular formula is C18H34NO4. The largest absolute Gasteiger partial charge is 0.386 e. The van der Waals surface area contributed by atoms with Crippen molar-refractivity contribution in [3.63, 3.8) is 0 Å². The van der Waals surface area contributed by atoms with Crippen LogP contribution in [-0.2, 0) is 4.79 Å². The van der Waals surface area contributed by atoms with Crippen molar-refractivity contribution in [1.82, 2.24) is 0 Å². The van der Waals surface area contributed by atoms with E-state index in [2.05, 4.69) is 6.92 Å². The fraction of sp³-hybridized carbons (Fsp3) is 0.944. The maximum Gasteiger partial charge on any atom is 0.238 e. The van der Waals surface area contributed by atoms with Gasteiger partial charge >= 0.3 is 0 Å². The first-order valence-corrected chi connectivity index (χ1v) is 9.30. The maximum absolute atomic E-state index is 11.1. The summed E-state index contributed by atoms with van der Waals surface area (Å²) in [6.07, 6.45) is 13.9. The van der Waals surface area contributed by atoms with Crippen LogP contribution < -0.4 is 0 Å². The van der Waals surface area contributed by atoms with E-state index < -0.39 is 12.1 Å². The zero-order valence-corrected chi connectivity index (χ0v) is 14.7. The second kappa shape index (κ2) is 15.9. The number of nitrogens with zero attached hydrogens (tertiary/aromatic N) is 1. The van der Waals surface area contributed by atoms with E-state index in [1.807, 2.05) is 6.29 Å². The molecule has 135 valence electrons. The summed E-state index contributed by atoms with van der Waals surface area (Å²) < 4.78 is 0. The summed E-state index contributed by atoms with van der Waals surface area (Å²) in [5.41, 5.74) is 0. The number of aliphatic hydroxyl groups is 1. The van der Waals surface area contributed by atoms with Crippen molar-refractivity contribution in [3.05, 3.63) is 10.1 Å². The predicted octanol–water partition coefficient (Wildman–Crippen LogP) is 4.58. The molecule has 0 aromatic heterocycles. The van der Waals surface area contributed by atoms with Gasteiger partial charge in [0.25, 0.3) is 0 Å². The number of rotatable bonds is 17. The van der Waals surface area contributed by atoms with Crippen LogP contribution in [0.5, 0.6) is 0 Å². The zero-order valence-electron chi connectivity index (χ0n) is 14.7. The normalized spacial score (nSPS) is 13.7. The molecular weight excluding hydrogens is 294 g/mol. The van der Waals surface area contributed by atoms with Crippen LogP contribution in [0.1, 0.15) is 96.8 Å². The average Bonchev–Trinajstić information content (AvgIpc) is 2.52. The minimum Gasteiger partial charge on any atom is -0.386 e. The van der Waals surface area contributed by atoms with Crippen molar-refractivity contribution in [3.8, 4) is 0 Å². The van der Waals surface area contributed by atoms with Crippen molar-refractivity contribution in [1.29, 1.82) is 0 Å². The van der Waals surface area contributed by atoms with E-state index in [0.29, 0.717) is 19.3 Å². The van der Waals surface area contributed by atoms with Crippen LogP contribution in [0, 0.1) is 10.1 Å². The molecule has 0 rings (SSSR count). The number of aliphatic hydroxyl groups excluding tert-OH is 1. The Labute approximate surface area is 141 Å². The van der Waals surface area contributed by atoms with Crippen molar-refractivity contribution in [2.24, 2.45) is 0 Å². The SMILES string of the molecule is CCCCCCC(C(O)CCCCCCCCC[C]=O)[N+](=O)[O-]. The highest BCUT2D eigenvalue weighted by Crippen LogP contribution is 2.16. The third-order valence-electron chi connectivity index (χ3n) is 4.35. The lowest BCUT2D eigenvalue weighted by molar-refractivity contribution is -0.535. The molecule has 23 heavy (non-hydrogen) atoms. The summed E-state index contributed by atoms with van der Waals surface area (Å²) in [5, 5.41) is 21.1. The van der Waals surface area contributed by atoms with Crippen molar-refractivity contribution < 1.29 is 14.8 Å². The molecule has 0 aromatic rings. The first-order valence-electron chi connectivity index (χ1n) is 9.30. The van der Waals surface area contributed by atoms with Crippen LogP contribution >= 0.6 is 0 Å². The number of carbonyl (C=O) groups excluding carboxylic acids is 1. The van der Waals surface area contributed by atoms with E-state index in [1.165, 1.54) is 0 Å². The van der Waals surface area contributed by atoms with E-state index in [9.17, 15) is 20.0 Å². The molecule has 2 unspecified atom stereocenters. The average molecular weight is 328 g/mol. The van der Waals surface area contributed by atoms with Gasteiger partial charge in [-0.2, -0.15) is 0 Å². The van der Waals surface area contributed by atoms with E-state index in [-0.39, 0.29) is 4.92 Å². The fourth-order valence-corrected chi connectivity index (χ4v) is 2.85. The highest BCUT2D eigenvalue weighted by atomic mass is 16.6. The molecule has 5 nitrogen and oxygen atoms in total. The molecule has 0 saturated carbocycles. The van der Waals surface area contributed by atoms with Crippen LogP contribution in [0.3, 0.4) is 0 Å². The van der Waals surface area contributed by atoms with Crippen LogP contribution in [0.2, 0.25) is 0 Å². The van der Waals surface area contributed by atoms with E-state index >= 15 is 0 Å². The standard InChI is InChI=1S/C18H34NO4/c1-2-3-4-11-14-17(19(22)23)18(21)15-12-9-7-5-6-8-10-13-16-20/h17-18,21H,2-15H2,1H3. The summed E-state index contributed by atoms with van der Waals surface area (Å²) in [6, 6.07) is -0.800. The topological polar surface area (TPSA) is 80.4 Å². The van der Waals surface area contributed by atoms with Gasteiger partial charge in [-0.25, -0.2) is 0 Å². The lowest BCUT2D eigenvalue weighted by Gasteiger charge is -2.16. The highest BCUT2D eigenvalue weighted by Gasteiger charge is 2.28. The Morgan fingerprint density at radius 1 is 0.913 bits per heavy atom. The third kappa shape index (κ3) is 13.2. The second-order valence-corrected chi connectivity index (χ2v) is 6.43. The first kappa shape index (κ1) is 22.0. The van der Waals surface area contributed by atoms with Crippen molar-refractivity contribution in [2.75, 3.05) is 0 Å². The molecule has 0 aliphatic heterocycles. The zero-order chi connectivity index (χ0) is 17.3. The van der Waals surface area contributed by atoms with Crippen LogP contribution in [0.15, 0.2) is 0 Å². The van der Waals surface area contributed by atoms with Gasteiger partial charge in [-0.15, -0.1) is 0 Å². The van der Waals surface area contributed by atoms with Gasteiger partial charge in [-0.3, -0.25) is 14.9 Å². The summed E-state index contributed by atoms with van der Waals surface area (Å²) >= 11 is 0. The molecule has 0 aromatic carbocycles. The molecule has 0 aliphatic carbocycles. The molecule has 1 radical (unpaired) electrons. The molecule has 0 spiro atoms. The van der Waals surface area contributed by atoms with Gasteiger partial charge in [0.15, 0.2) is 6.29 Å². The highest BCUT2D eigenvalue weighted by molar-refractivity contribution is 5.50. The van der Waals surface area contributed by atoms with Gasteiger partial charge in [0, 0.05) is 17.8 Å². The molecule has 5 heteroatoms. The van der Waals surface area contributed by atoms with Gasteiger partial charge in [-0.1, -0.05) is 64.7 Å². The Morgan fingerprint density at radius 3 is 2.00 bits per heavy atom. The van der Waals surface area contributed by atoms with E-state index in [1.54, 1.807) is 0 Å². The smallest absolute Gasteiger partial charge is 0.238 e. The Bertz CT molecular complexity index is 297. The number of hydrogen-bond donors (Lipinski definition) is 1. The summed E-state index contributed by atoms with van der Waals surface area (Å²) in [5.74, 6) is 0. The minimum atomic E-state index is -0.810. The van der Waals surface area contributed by atoms with Crippen molar-refractivity contribution >= 4 is 6.29 Å². The number of nitro groups is 1. The summed E-state index contributed by atoms with van der Waals surface area (Å²) in [6.45, 7) is 2.11. The fourth-order valence-electron chi connectivity index (χ4n) is 2.85. The van der Waals surface area contributed by atoms with Crippen molar-refractivity contribution in [2.45, 2.75) is 109 Å². The summed E-state index contributed by atoms with van der Waals surface area (Å²) in [4.78, 5) is 20.8. The maximum atomic E-state index is 11.1. The number of unbranched alkanes of at least 4 members (excludes halogenated alkanes) is 10. The van der Waals surface area contributed by atoms with Gasteiger partial charge in [-0.05, 0) is 19.3 Å². The van der Waals surface area contributed by atoms with Crippen LogP contribution in [-0.4, -0.2) is 28.5 Å². The molecule has 2 atom stereocenters. The Balaban J connectivity index is 3.68. The first-order chi connectivity index (χ1) is 11.1. The third-order valence-corrected chi connectivity index (χ3v) is 4.35. The van der Waals surface area contributed by atoms with Crippen LogP contribution in [0.4, 0.5) is 0 Å². The molecule has 0 bridgehead atoms. The Kier molecular flexibility index (Phi) is 15.2. The van der Waals surface area contributed by atoms with Gasteiger partial charge < -0.3 is 5.11 Å². The molecule has 1 N–H and O–H groups in total. The molecule has 0 fully saturated rings. The lowest BCUT2D eigenvalue weighted by Crippen LogP contribution is -2.33. The lowest BCUT2D eigenvalue weighted by atomic mass is 9.98. The van der Waals surface area contributed by atoms with Gasteiger partial charge in [0.2, 0.25) is 6.04 Å². The van der Waals surface area contributed by atoms with E-state index in [0.717, 1.165) is 70.6 Å². The second-order valence-electron chi connectivity index (χ2n) is 6.43. The van der Waals surface area contributed by atoms with Gasteiger partial charge in [0.05, 0.1) is 0 Å². The van der Waals surface area contributed by atoms with Gasteiger partial charge in [0.1, 0.15) is 6.10 Å². The molecule has 0 saturated heterocycles. The molecule has 0 amide bonds. The van der Waals surface area contributed by atoms with E-state index in [4.69, 9.17) is 0 Å². The Hall–Kier alpha value is -0.970. The Morgan fingerprint density at radius 2 is 1.43 bits per heavy atom. The number of hydrogen-bond acceptors (Lipinski definition) is 4.